The van der Waals surface area contributed by atoms with Crippen LogP contribution in [0.1, 0.15) is 32.4 Å². The highest BCUT2D eigenvalue weighted by Gasteiger charge is 2.41. The van der Waals surface area contributed by atoms with Crippen molar-refractivity contribution in [3.63, 3.8) is 0 Å². The van der Waals surface area contributed by atoms with Gasteiger partial charge in [-0.1, -0.05) is 25.6 Å². The van der Waals surface area contributed by atoms with Crippen LogP contribution >= 0.6 is 11.8 Å². The van der Waals surface area contributed by atoms with Crippen molar-refractivity contribution < 1.29 is 0 Å². The molecule has 0 aliphatic heterocycles. The fourth-order valence-corrected chi connectivity index (χ4v) is 4.13. The molecule has 1 aliphatic carbocycles. The molecule has 1 saturated carbocycles. The van der Waals surface area contributed by atoms with Gasteiger partial charge < -0.3 is 5.32 Å². The number of hydrogen-bond donors (Lipinski definition) is 1. The average molecular weight is 251 g/mol. The zero-order valence-corrected chi connectivity index (χ0v) is 11.8. The van der Waals surface area contributed by atoms with Gasteiger partial charge in [0.15, 0.2) is 5.16 Å². The lowest BCUT2D eigenvalue weighted by Gasteiger charge is -2.29. The van der Waals surface area contributed by atoms with Crippen LogP contribution in [0.4, 0.5) is 0 Å². The molecule has 0 amide bonds. The van der Waals surface area contributed by atoms with Crippen LogP contribution in [0.5, 0.6) is 0 Å². The van der Waals surface area contributed by atoms with Gasteiger partial charge in [0.25, 0.3) is 0 Å². The first-order valence-electron chi connectivity index (χ1n) is 6.16. The van der Waals surface area contributed by atoms with E-state index < -0.39 is 0 Å². The van der Waals surface area contributed by atoms with Crippen LogP contribution in [-0.4, -0.2) is 28.3 Å². The number of hydrogen-bond acceptors (Lipinski definition) is 4. The molecule has 1 aromatic heterocycles. The van der Waals surface area contributed by atoms with Gasteiger partial charge in [0.2, 0.25) is 0 Å². The second kappa shape index (κ2) is 4.94. The van der Waals surface area contributed by atoms with Crippen molar-refractivity contribution in [1.82, 2.24) is 15.3 Å². The molecule has 2 atom stereocenters. The van der Waals surface area contributed by atoms with Crippen LogP contribution in [0.2, 0.25) is 0 Å². The molecule has 1 aromatic rings. The zero-order chi connectivity index (χ0) is 12.5. The van der Waals surface area contributed by atoms with E-state index in [1.807, 2.05) is 30.9 Å². The van der Waals surface area contributed by atoms with E-state index in [0.717, 1.165) is 10.9 Å². The molecular formula is C13H21N3S. The fraction of sp³-hybridized carbons (Fsp3) is 0.692. The fourth-order valence-electron chi connectivity index (χ4n) is 2.66. The Hall–Kier alpha value is -0.610. The molecule has 3 nitrogen and oxygen atoms in total. The SMILES string of the molecule is CNC1C(Sc2nccc(C)n2)CCC1(C)C. The highest BCUT2D eigenvalue weighted by atomic mass is 32.2. The molecule has 0 aromatic carbocycles. The van der Waals surface area contributed by atoms with E-state index in [1.54, 1.807) is 0 Å². The van der Waals surface area contributed by atoms with Crippen molar-refractivity contribution in [1.29, 1.82) is 0 Å². The molecule has 2 unspecified atom stereocenters. The maximum atomic E-state index is 4.48. The maximum Gasteiger partial charge on any atom is 0.188 e. The number of rotatable bonds is 3. The minimum absolute atomic E-state index is 0.371. The second-order valence-corrected chi connectivity index (χ2v) is 6.64. The van der Waals surface area contributed by atoms with Gasteiger partial charge >= 0.3 is 0 Å². The van der Waals surface area contributed by atoms with E-state index in [9.17, 15) is 0 Å². The molecule has 94 valence electrons. The lowest BCUT2D eigenvalue weighted by molar-refractivity contribution is 0.300. The molecular weight excluding hydrogens is 230 g/mol. The van der Waals surface area contributed by atoms with Crippen molar-refractivity contribution in [3.05, 3.63) is 18.0 Å². The largest absolute Gasteiger partial charge is 0.315 e. The molecule has 17 heavy (non-hydrogen) atoms. The van der Waals surface area contributed by atoms with Crippen LogP contribution in [0.15, 0.2) is 17.4 Å². The Morgan fingerprint density at radius 1 is 1.47 bits per heavy atom. The van der Waals surface area contributed by atoms with Gasteiger partial charge in [0.1, 0.15) is 0 Å². The van der Waals surface area contributed by atoms with E-state index in [-0.39, 0.29) is 0 Å². The van der Waals surface area contributed by atoms with Gasteiger partial charge in [-0.15, -0.1) is 0 Å². The molecule has 0 spiro atoms. The predicted octanol–water partition coefficient (Wildman–Crippen LogP) is 2.65. The summed E-state index contributed by atoms with van der Waals surface area (Å²) in [6, 6.07) is 2.48. The number of thioether (sulfide) groups is 1. The average Bonchev–Trinajstić information content (AvgIpc) is 2.53. The van der Waals surface area contributed by atoms with Gasteiger partial charge in [-0.2, -0.15) is 0 Å². The third kappa shape index (κ3) is 2.80. The quantitative estimate of drug-likeness (QED) is 0.838. The molecule has 1 N–H and O–H groups in total. The van der Waals surface area contributed by atoms with Crippen LogP contribution < -0.4 is 5.32 Å². The topological polar surface area (TPSA) is 37.8 Å². The monoisotopic (exact) mass is 251 g/mol. The van der Waals surface area contributed by atoms with Gasteiger partial charge in [-0.3, -0.25) is 0 Å². The van der Waals surface area contributed by atoms with E-state index in [2.05, 4.69) is 36.2 Å². The Morgan fingerprint density at radius 2 is 2.24 bits per heavy atom. The van der Waals surface area contributed by atoms with Crippen LogP contribution in [0, 0.1) is 12.3 Å². The standard InChI is InChI=1S/C13H21N3S/c1-9-6-8-15-12(16-9)17-10-5-7-13(2,3)11(10)14-4/h6,8,10-11,14H,5,7H2,1-4H3. The molecule has 2 rings (SSSR count). The van der Waals surface area contributed by atoms with Crippen LogP contribution in [0.3, 0.4) is 0 Å². The summed E-state index contributed by atoms with van der Waals surface area (Å²) in [4.78, 5) is 8.82. The summed E-state index contributed by atoms with van der Waals surface area (Å²) < 4.78 is 0. The zero-order valence-electron chi connectivity index (χ0n) is 11.0. The lowest BCUT2D eigenvalue weighted by atomic mass is 9.87. The summed E-state index contributed by atoms with van der Waals surface area (Å²) in [5.41, 5.74) is 1.41. The molecule has 0 radical (unpaired) electrons. The summed E-state index contributed by atoms with van der Waals surface area (Å²) in [6.45, 7) is 6.69. The van der Waals surface area contributed by atoms with Gasteiger partial charge in [0.05, 0.1) is 0 Å². The van der Waals surface area contributed by atoms with E-state index in [1.165, 1.54) is 12.8 Å². The second-order valence-electron chi connectivity index (χ2n) is 5.43. The Balaban J connectivity index is 2.09. The molecule has 1 fully saturated rings. The summed E-state index contributed by atoms with van der Waals surface area (Å²) in [5, 5.41) is 4.95. The third-order valence-corrected chi connectivity index (χ3v) is 4.85. The van der Waals surface area contributed by atoms with Crippen molar-refractivity contribution in [3.8, 4) is 0 Å². The molecule has 4 heteroatoms. The molecule has 1 heterocycles. The Morgan fingerprint density at radius 3 is 2.88 bits per heavy atom. The van der Waals surface area contributed by atoms with Crippen LogP contribution in [-0.2, 0) is 0 Å². The van der Waals surface area contributed by atoms with Gasteiger partial charge in [-0.25, -0.2) is 9.97 Å². The molecule has 0 saturated heterocycles. The first-order chi connectivity index (χ1) is 8.03. The number of nitrogens with one attached hydrogen (secondary N) is 1. The summed E-state index contributed by atoms with van der Waals surface area (Å²) >= 11 is 1.82. The minimum atomic E-state index is 0.371. The predicted molar refractivity (Wildman–Crippen MR) is 72.3 cm³/mol. The highest BCUT2D eigenvalue weighted by Crippen LogP contribution is 2.44. The van der Waals surface area contributed by atoms with Crippen molar-refractivity contribution in [2.24, 2.45) is 5.41 Å². The van der Waals surface area contributed by atoms with E-state index in [4.69, 9.17) is 0 Å². The van der Waals surface area contributed by atoms with Crippen molar-refractivity contribution in [2.45, 2.75) is 50.1 Å². The normalized spacial score (nSPS) is 27.3. The Labute approximate surface area is 108 Å². The first kappa shape index (κ1) is 12.8. The summed E-state index contributed by atoms with van der Waals surface area (Å²) in [7, 11) is 2.06. The third-order valence-electron chi connectivity index (χ3n) is 3.63. The molecule has 1 aliphatic rings. The van der Waals surface area contributed by atoms with Crippen molar-refractivity contribution in [2.75, 3.05) is 7.05 Å². The van der Waals surface area contributed by atoms with Crippen LogP contribution in [0.25, 0.3) is 0 Å². The van der Waals surface area contributed by atoms with Gasteiger partial charge in [-0.05, 0) is 38.3 Å². The summed E-state index contributed by atoms with van der Waals surface area (Å²) in [5.74, 6) is 0. The first-order valence-corrected chi connectivity index (χ1v) is 7.04. The number of aromatic nitrogens is 2. The highest BCUT2D eigenvalue weighted by molar-refractivity contribution is 7.99. The smallest absolute Gasteiger partial charge is 0.188 e. The van der Waals surface area contributed by atoms with E-state index >= 15 is 0 Å². The number of nitrogens with zero attached hydrogens (tertiary/aromatic N) is 2. The van der Waals surface area contributed by atoms with E-state index in [0.29, 0.717) is 16.7 Å². The minimum Gasteiger partial charge on any atom is -0.315 e. The lowest BCUT2D eigenvalue weighted by Crippen LogP contribution is -2.41. The van der Waals surface area contributed by atoms with Crippen molar-refractivity contribution >= 4 is 11.8 Å². The number of aryl methyl sites for hydroxylation is 1. The maximum absolute atomic E-state index is 4.48. The summed E-state index contributed by atoms with van der Waals surface area (Å²) in [6.07, 6.45) is 4.35. The van der Waals surface area contributed by atoms with Gasteiger partial charge in [0, 0.05) is 23.2 Å². The Kier molecular flexibility index (Phi) is 3.73. The molecule has 0 bridgehead atoms. The Bertz CT molecular complexity index is 392.